The van der Waals surface area contributed by atoms with Crippen LogP contribution in [0.5, 0.6) is 5.88 Å². The molecular formula is C18H25N3O5. The normalized spacial score (nSPS) is 13.5. The molecule has 142 valence electrons. The Morgan fingerprint density at radius 1 is 1.27 bits per heavy atom. The van der Waals surface area contributed by atoms with Crippen molar-refractivity contribution in [3.8, 4) is 5.88 Å². The molecule has 8 heteroatoms. The fraction of sp³-hybridized carbons (Fsp3) is 0.500. The van der Waals surface area contributed by atoms with Gasteiger partial charge in [0.1, 0.15) is 6.10 Å². The number of ether oxygens (including phenoxy) is 3. The van der Waals surface area contributed by atoms with Crippen LogP contribution in [-0.2, 0) is 14.3 Å². The summed E-state index contributed by atoms with van der Waals surface area (Å²) in [5, 5.41) is 0. The Kier molecular flexibility index (Phi) is 7.11. The van der Waals surface area contributed by atoms with Crippen molar-refractivity contribution in [3.63, 3.8) is 0 Å². The van der Waals surface area contributed by atoms with E-state index in [0.29, 0.717) is 30.9 Å². The van der Waals surface area contributed by atoms with Crippen molar-refractivity contribution in [2.75, 3.05) is 25.7 Å². The lowest BCUT2D eigenvalue weighted by Crippen LogP contribution is -2.40. The Morgan fingerprint density at radius 2 is 2.00 bits per heavy atom. The summed E-state index contributed by atoms with van der Waals surface area (Å²) in [5.41, 5.74) is 0.366. The second kappa shape index (κ2) is 9.30. The van der Waals surface area contributed by atoms with E-state index in [1.165, 1.54) is 0 Å². The lowest BCUT2D eigenvalue weighted by atomic mass is 10.1. The molecule has 0 saturated carbocycles. The predicted molar refractivity (Wildman–Crippen MR) is 97.8 cm³/mol. The minimum absolute atomic E-state index is 0.218. The van der Waals surface area contributed by atoms with Crippen LogP contribution < -0.4 is 16.1 Å². The second-order valence-corrected chi connectivity index (χ2v) is 5.67. The van der Waals surface area contributed by atoms with Crippen LogP contribution in [0.4, 0.5) is 0 Å². The number of para-hydroxylation sites is 2. The van der Waals surface area contributed by atoms with Crippen LogP contribution in [-0.4, -0.2) is 47.5 Å². The molecule has 0 aliphatic rings. The first kappa shape index (κ1) is 19.9. The zero-order valence-corrected chi connectivity index (χ0v) is 15.3. The maximum atomic E-state index is 12.6. The standard InChI is InChI=1S/C18H25N3O5/c1-4-24-11-10-15(16(22)12(3)25-5-2)26-17-18(23)21(19)14-9-7-6-8-13(14)20-17/h6-9,12,15H,4-5,10-11,19H2,1-3H3. The summed E-state index contributed by atoms with van der Waals surface area (Å²) in [6.45, 7) is 6.55. The number of carbonyl (C=O) groups excluding carboxylic acids is 1. The third-order valence-corrected chi connectivity index (χ3v) is 3.88. The molecular weight excluding hydrogens is 338 g/mol. The highest BCUT2D eigenvalue weighted by atomic mass is 16.5. The Labute approximate surface area is 151 Å². The van der Waals surface area contributed by atoms with Crippen molar-refractivity contribution in [3.05, 3.63) is 34.6 Å². The fourth-order valence-corrected chi connectivity index (χ4v) is 2.53. The lowest BCUT2D eigenvalue weighted by molar-refractivity contribution is -0.137. The van der Waals surface area contributed by atoms with E-state index < -0.39 is 17.8 Å². The number of ketones is 1. The summed E-state index contributed by atoms with van der Waals surface area (Å²) < 4.78 is 17.3. The summed E-state index contributed by atoms with van der Waals surface area (Å²) in [6.07, 6.45) is -1.29. The first-order valence-electron chi connectivity index (χ1n) is 8.66. The number of Topliss-reactive ketones (excluding diaryl/α,β-unsaturated/α-hetero) is 1. The van der Waals surface area contributed by atoms with E-state index in [1.807, 2.05) is 6.92 Å². The van der Waals surface area contributed by atoms with E-state index in [9.17, 15) is 9.59 Å². The van der Waals surface area contributed by atoms with Gasteiger partial charge in [0.2, 0.25) is 5.78 Å². The second-order valence-electron chi connectivity index (χ2n) is 5.67. The number of fused-ring (bicyclic) bond motifs is 1. The highest BCUT2D eigenvalue weighted by Gasteiger charge is 2.28. The summed E-state index contributed by atoms with van der Waals surface area (Å²) in [5.74, 6) is 5.36. The number of benzene rings is 1. The Bertz CT molecular complexity index is 805. The Hall–Kier alpha value is -2.45. The molecule has 0 radical (unpaired) electrons. The molecule has 1 aromatic heterocycles. The van der Waals surface area contributed by atoms with E-state index in [4.69, 9.17) is 20.1 Å². The van der Waals surface area contributed by atoms with Crippen LogP contribution in [0.15, 0.2) is 29.1 Å². The first-order chi connectivity index (χ1) is 12.5. The van der Waals surface area contributed by atoms with Crippen molar-refractivity contribution in [1.82, 2.24) is 9.66 Å². The SMILES string of the molecule is CCOCCC(Oc1nc2ccccc2n(N)c1=O)C(=O)C(C)OCC. The number of aromatic nitrogens is 2. The lowest BCUT2D eigenvalue weighted by Gasteiger charge is -2.21. The van der Waals surface area contributed by atoms with Crippen LogP contribution >= 0.6 is 0 Å². The molecule has 2 aromatic rings. The molecule has 8 nitrogen and oxygen atoms in total. The van der Waals surface area contributed by atoms with E-state index >= 15 is 0 Å². The van der Waals surface area contributed by atoms with Gasteiger partial charge in [-0.15, -0.1) is 0 Å². The fourth-order valence-electron chi connectivity index (χ4n) is 2.53. The first-order valence-corrected chi connectivity index (χ1v) is 8.66. The zero-order chi connectivity index (χ0) is 19.1. The summed E-state index contributed by atoms with van der Waals surface area (Å²) in [7, 11) is 0. The monoisotopic (exact) mass is 363 g/mol. The van der Waals surface area contributed by atoms with Crippen molar-refractivity contribution >= 4 is 16.8 Å². The summed E-state index contributed by atoms with van der Waals surface area (Å²) in [6, 6.07) is 6.93. The Morgan fingerprint density at radius 3 is 2.69 bits per heavy atom. The van der Waals surface area contributed by atoms with Gasteiger partial charge in [0.05, 0.1) is 17.6 Å². The van der Waals surface area contributed by atoms with Gasteiger partial charge in [0.15, 0.2) is 6.10 Å². The van der Waals surface area contributed by atoms with Gasteiger partial charge < -0.3 is 20.1 Å². The van der Waals surface area contributed by atoms with Gasteiger partial charge in [-0.2, -0.15) is 0 Å². The summed E-state index contributed by atoms with van der Waals surface area (Å²) in [4.78, 5) is 29.3. The quantitative estimate of drug-likeness (QED) is 0.500. The molecule has 0 aliphatic heterocycles. The third kappa shape index (κ3) is 4.59. The van der Waals surface area contributed by atoms with Crippen molar-refractivity contribution in [2.24, 2.45) is 0 Å². The van der Waals surface area contributed by atoms with Crippen LogP contribution in [0.2, 0.25) is 0 Å². The number of carbonyl (C=O) groups is 1. The molecule has 0 spiro atoms. The predicted octanol–water partition coefficient (Wildman–Crippen LogP) is 1.28. The molecule has 0 fully saturated rings. The average Bonchev–Trinajstić information content (AvgIpc) is 2.64. The molecule has 26 heavy (non-hydrogen) atoms. The average molecular weight is 363 g/mol. The van der Waals surface area contributed by atoms with Gasteiger partial charge in [-0.25, -0.2) is 9.66 Å². The minimum atomic E-state index is -0.913. The number of rotatable bonds is 10. The van der Waals surface area contributed by atoms with E-state index in [2.05, 4.69) is 4.98 Å². The number of hydrogen-bond acceptors (Lipinski definition) is 7. The van der Waals surface area contributed by atoms with Gasteiger partial charge >= 0.3 is 5.56 Å². The summed E-state index contributed by atoms with van der Waals surface area (Å²) >= 11 is 0. The minimum Gasteiger partial charge on any atom is -0.462 e. The van der Waals surface area contributed by atoms with Crippen molar-refractivity contribution in [2.45, 2.75) is 39.4 Å². The number of nitrogens with two attached hydrogens (primary N) is 1. The third-order valence-electron chi connectivity index (χ3n) is 3.88. The highest BCUT2D eigenvalue weighted by Crippen LogP contribution is 2.14. The molecule has 2 N–H and O–H groups in total. The van der Waals surface area contributed by atoms with Crippen LogP contribution in [0, 0.1) is 0 Å². The van der Waals surface area contributed by atoms with Crippen molar-refractivity contribution in [1.29, 1.82) is 0 Å². The molecule has 0 aliphatic carbocycles. The topological polar surface area (TPSA) is 106 Å². The zero-order valence-electron chi connectivity index (χ0n) is 15.3. The maximum Gasteiger partial charge on any atom is 0.331 e. The highest BCUT2D eigenvalue weighted by molar-refractivity contribution is 5.87. The van der Waals surface area contributed by atoms with Gasteiger partial charge in [-0.05, 0) is 32.9 Å². The molecule has 0 bridgehead atoms. The van der Waals surface area contributed by atoms with Crippen molar-refractivity contribution < 1.29 is 19.0 Å². The molecule has 2 unspecified atom stereocenters. The van der Waals surface area contributed by atoms with Gasteiger partial charge in [0.25, 0.3) is 5.88 Å². The number of nitrogen functional groups attached to an aromatic ring is 1. The van der Waals surface area contributed by atoms with E-state index in [0.717, 1.165) is 4.68 Å². The van der Waals surface area contributed by atoms with E-state index in [1.54, 1.807) is 38.1 Å². The molecule has 1 heterocycles. The van der Waals surface area contributed by atoms with Crippen LogP contribution in [0.25, 0.3) is 11.0 Å². The molecule has 0 amide bonds. The number of nitrogens with zero attached hydrogens (tertiary/aromatic N) is 2. The van der Waals surface area contributed by atoms with Gasteiger partial charge in [-0.1, -0.05) is 12.1 Å². The number of hydrogen-bond donors (Lipinski definition) is 1. The largest absolute Gasteiger partial charge is 0.462 e. The molecule has 2 atom stereocenters. The van der Waals surface area contributed by atoms with Gasteiger partial charge in [0, 0.05) is 19.6 Å². The van der Waals surface area contributed by atoms with Gasteiger partial charge in [-0.3, -0.25) is 9.59 Å². The Balaban J connectivity index is 2.32. The molecule has 0 saturated heterocycles. The maximum absolute atomic E-state index is 12.6. The van der Waals surface area contributed by atoms with Crippen LogP contribution in [0.1, 0.15) is 27.2 Å². The molecule has 1 aromatic carbocycles. The van der Waals surface area contributed by atoms with E-state index in [-0.39, 0.29) is 18.1 Å². The molecule has 2 rings (SSSR count). The van der Waals surface area contributed by atoms with Crippen LogP contribution in [0.3, 0.4) is 0 Å². The smallest absolute Gasteiger partial charge is 0.331 e.